The fraction of sp³-hybridized carbons (Fsp3) is 0.417. The zero-order chi connectivity index (χ0) is 11.7. The van der Waals surface area contributed by atoms with Gasteiger partial charge in [-0.1, -0.05) is 17.7 Å². The third kappa shape index (κ3) is 2.33. The Morgan fingerprint density at radius 3 is 2.81 bits per heavy atom. The van der Waals surface area contributed by atoms with Crippen molar-refractivity contribution in [2.75, 3.05) is 13.1 Å². The lowest BCUT2D eigenvalue weighted by Crippen LogP contribution is -2.28. The molecule has 1 heterocycles. The monoisotopic (exact) mass is 257 g/mol. The van der Waals surface area contributed by atoms with Crippen molar-refractivity contribution < 1.29 is 4.79 Å². The van der Waals surface area contributed by atoms with Gasteiger partial charge in [0.05, 0.1) is 5.38 Å². The van der Waals surface area contributed by atoms with E-state index in [2.05, 4.69) is 0 Å². The summed E-state index contributed by atoms with van der Waals surface area (Å²) in [6, 6.07) is 5.40. The van der Waals surface area contributed by atoms with Gasteiger partial charge in [-0.3, -0.25) is 4.79 Å². The standard InChI is InChI=1S/C12H13Cl2NO/c1-8-2-3-9(6-11(8)14)12(16)15-5-4-10(13)7-15/h2-3,6,10H,4-5,7H2,1H3. The number of likely N-dealkylation sites (tertiary alicyclic amines) is 1. The third-order valence-electron chi connectivity index (χ3n) is 2.84. The maximum Gasteiger partial charge on any atom is 0.253 e. The lowest BCUT2D eigenvalue weighted by atomic mass is 10.1. The minimum Gasteiger partial charge on any atom is -0.337 e. The maximum atomic E-state index is 12.1. The second-order valence-electron chi connectivity index (χ2n) is 4.10. The summed E-state index contributed by atoms with van der Waals surface area (Å²) in [4.78, 5) is 13.8. The van der Waals surface area contributed by atoms with Crippen LogP contribution >= 0.6 is 23.2 Å². The molecule has 1 aromatic carbocycles. The van der Waals surface area contributed by atoms with Crippen LogP contribution in [-0.4, -0.2) is 29.3 Å². The maximum absolute atomic E-state index is 12.1. The Kier molecular flexibility index (Phi) is 3.41. The molecule has 0 bridgehead atoms. The highest BCUT2D eigenvalue weighted by atomic mass is 35.5. The molecule has 0 aromatic heterocycles. The lowest BCUT2D eigenvalue weighted by molar-refractivity contribution is 0.0793. The number of nitrogens with zero attached hydrogens (tertiary/aromatic N) is 1. The van der Waals surface area contributed by atoms with Crippen molar-refractivity contribution in [3.05, 3.63) is 34.3 Å². The van der Waals surface area contributed by atoms with Gasteiger partial charge < -0.3 is 4.90 Å². The Morgan fingerprint density at radius 1 is 1.50 bits per heavy atom. The van der Waals surface area contributed by atoms with Crippen LogP contribution in [0.15, 0.2) is 18.2 Å². The fourth-order valence-corrected chi connectivity index (χ4v) is 2.26. The molecule has 0 spiro atoms. The van der Waals surface area contributed by atoms with Crippen molar-refractivity contribution in [3.8, 4) is 0 Å². The molecule has 0 aliphatic carbocycles. The molecule has 16 heavy (non-hydrogen) atoms. The van der Waals surface area contributed by atoms with Crippen LogP contribution < -0.4 is 0 Å². The van der Waals surface area contributed by atoms with Crippen molar-refractivity contribution >= 4 is 29.1 Å². The van der Waals surface area contributed by atoms with Gasteiger partial charge in [-0.05, 0) is 31.0 Å². The second kappa shape index (κ2) is 4.64. The molecule has 1 saturated heterocycles. The van der Waals surface area contributed by atoms with E-state index in [0.717, 1.165) is 18.5 Å². The molecular formula is C12H13Cl2NO. The van der Waals surface area contributed by atoms with Gasteiger partial charge >= 0.3 is 0 Å². The van der Waals surface area contributed by atoms with Gasteiger partial charge in [0.25, 0.3) is 5.91 Å². The highest BCUT2D eigenvalue weighted by molar-refractivity contribution is 6.31. The number of benzene rings is 1. The quantitative estimate of drug-likeness (QED) is 0.709. The largest absolute Gasteiger partial charge is 0.337 e. The van der Waals surface area contributed by atoms with E-state index in [4.69, 9.17) is 23.2 Å². The molecule has 2 rings (SSSR count). The Balaban J connectivity index is 2.18. The molecule has 0 N–H and O–H groups in total. The van der Waals surface area contributed by atoms with Gasteiger partial charge in [0.1, 0.15) is 0 Å². The third-order valence-corrected chi connectivity index (χ3v) is 3.60. The smallest absolute Gasteiger partial charge is 0.253 e. The molecule has 1 amide bonds. The second-order valence-corrected chi connectivity index (χ2v) is 5.13. The van der Waals surface area contributed by atoms with Gasteiger partial charge in [0, 0.05) is 23.7 Å². The number of rotatable bonds is 1. The van der Waals surface area contributed by atoms with Crippen LogP contribution in [0.4, 0.5) is 0 Å². The number of alkyl halides is 1. The molecule has 1 aliphatic rings. The normalized spacial score (nSPS) is 20.2. The molecule has 1 fully saturated rings. The van der Waals surface area contributed by atoms with Gasteiger partial charge in [-0.15, -0.1) is 11.6 Å². The Labute approximate surface area is 105 Å². The number of aryl methyl sites for hydroxylation is 1. The van der Waals surface area contributed by atoms with Crippen LogP contribution in [0.25, 0.3) is 0 Å². The van der Waals surface area contributed by atoms with E-state index in [1.54, 1.807) is 11.0 Å². The molecule has 2 nitrogen and oxygen atoms in total. The van der Waals surface area contributed by atoms with Gasteiger partial charge in [0.2, 0.25) is 0 Å². The van der Waals surface area contributed by atoms with Gasteiger partial charge in [-0.2, -0.15) is 0 Å². The summed E-state index contributed by atoms with van der Waals surface area (Å²) in [5.74, 6) is 0.0186. The van der Waals surface area contributed by atoms with E-state index in [0.29, 0.717) is 17.1 Å². The number of amides is 1. The van der Waals surface area contributed by atoms with Crippen LogP contribution in [0, 0.1) is 6.92 Å². The molecule has 1 unspecified atom stereocenters. The predicted octanol–water partition coefficient (Wildman–Crippen LogP) is 3.10. The summed E-state index contributed by atoms with van der Waals surface area (Å²) in [5, 5.41) is 0.720. The van der Waals surface area contributed by atoms with Crippen molar-refractivity contribution in [3.63, 3.8) is 0 Å². The first-order chi connectivity index (χ1) is 7.58. The molecule has 4 heteroatoms. The van der Waals surface area contributed by atoms with Crippen LogP contribution in [0.5, 0.6) is 0 Å². The zero-order valence-corrected chi connectivity index (χ0v) is 10.6. The summed E-state index contributed by atoms with van der Waals surface area (Å²) in [6.07, 6.45) is 0.868. The number of hydrogen-bond acceptors (Lipinski definition) is 1. The highest BCUT2D eigenvalue weighted by Gasteiger charge is 2.25. The summed E-state index contributed by atoms with van der Waals surface area (Å²) >= 11 is 12.0. The summed E-state index contributed by atoms with van der Waals surface area (Å²) in [5.41, 5.74) is 1.62. The van der Waals surface area contributed by atoms with Crippen LogP contribution in [0.1, 0.15) is 22.3 Å². The van der Waals surface area contributed by atoms with Crippen molar-refractivity contribution in [1.82, 2.24) is 4.90 Å². The molecule has 86 valence electrons. The van der Waals surface area contributed by atoms with E-state index in [1.165, 1.54) is 0 Å². The van der Waals surface area contributed by atoms with Crippen LogP contribution in [-0.2, 0) is 0 Å². The summed E-state index contributed by atoms with van der Waals surface area (Å²) < 4.78 is 0. The SMILES string of the molecule is Cc1ccc(C(=O)N2CCC(Cl)C2)cc1Cl. The number of hydrogen-bond donors (Lipinski definition) is 0. The summed E-state index contributed by atoms with van der Waals surface area (Å²) in [7, 11) is 0. The zero-order valence-electron chi connectivity index (χ0n) is 9.04. The minimum atomic E-state index is 0.0186. The van der Waals surface area contributed by atoms with Crippen molar-refractivity contribution in [2.45, 2.75) is 18.7 Å². The first kappa shape index (κ1) is 11.7. The average molecular weight is 258 g/mol. The minimum absolute atomic E-state index is 0.0186. The molecule has 1 aromatic rings. The van der Waals surface area contributed by atoms with E-state index < -0.39 is 0 Å². The molecular weight excluding hydrogens is 245 g/mol. The van der Waals surface area contributed by atoms with Crippen LogP contribution in [0.3, 0.4) is 0 Å². The molecule has 1 aliphatic heterocycles. The molecule has 0 radical (unpaired) electrons. The van der Waals surface area contributed by atoms with Crippen molar-refractivity contribution in [2.24, 2.45) is 0 Å². The average Bonchev–Trinajstić information content (AvgIpc) is 2.68. The topological polar surface area (TPSA) is 20.3 Å². The Hall–Kier alpha value is -0.730. The highest BCUT2D eigenvalue weighted by Crippen LogP contribution is 2.21. The summed E-state index contributed by atoms with van der Waals surface area (Å²) in [6.45, 7) is 3.28. The van der Waals surface area contributed by atoms with Gasteiger partial charge in [-0.25, -0.2) is 0 Å². The Morgan fingerprint density at radius 2 is 2.25 bits per heavy atom. The van der Waals surface area contributed by atoms with E-state index >= 15 is 0 Å². The number of halogens is 2. The first-order valence-electron chi connectivity index (χ1n) is 5.27. The van der Waals surface area contributed by atoms with Gasteiger partial charge in [0.15, 0.2) is 0 Å². The van der Waals surface area contributed by atoms with E-state index in [9.17, 15) is 4.79 Å². The first-order valence-corrected chi connectivity index (χ1v) is 6.09. The van der Waals surface area contributed by atoms with E-state index in [1.807, 2.05) is 19.1 Å². The number of carbonyl (C=O) groups excluding carboxylic acids is 1. The Bertz CT molecular complexity index is 419. The molecule has 0 saturated carbocycles. The van der Waals surface area contributed by atoms with E-state index in [-0.39, 0.29) is 11.3 Å². The number of carbonyl (C=O) groups is 1. The van der Waals surface area contributed by atoms with Crippen LogP contribution in [0.2, 0.25) is 5.02 Å². The lowest BCUT2D eigenvalue weighted by Gasteiger charge is -2.15. The molecule has 1 atom stereocenters. The predicted molar refractivity (Wildman–Crippen MR) is 66.4 cm³/mol. The fourth-order valence-electron chi connectivity index (χ4n) is 1.81. The van der Waals surface area contributed by atoms with Crippen molar-refractivity contribution in [1.29, 1.82) is 0 Å².